The van der Waals surface area contributed by atoms with Gasteiger partial charge in [0, 0.05) is 60.4 Å². The molecule has 0 unspecified atom stereocenters. The lowest BCUT2D eigenvalue weighted by molar-refractivity contribution is -0.146. The first kappa shape index (κ1) is 35.6. The van der Waals surface area contributed by atoms with Gasteiger partial charge in [0.25, 0.3) is 5.91 Å². The fourth-order valence-electron chi connectivity index (χ4n) is 8.73. The molecule has 12 heteroatoms. The molecule has 1 N–H and O–H groups in total. The first-order chi connectivity index (χ1) is 24.6. The third-order valence-corrected chi connectivity index (χ3v) is 16.1. The van der Waals surface area contributed by atoms with Crippen LogP contribution in [0.2, 0.25) is 18.6 Å². The second-order valence-corrected chi connectivity index (χ2v) is 20.2. The quantitative estimate of drug-likeness (QED) is 0.188. The zero-order chi connectivity index (χ0) is 35.9. The Morgan fingerprint density at radius 1 is 1.08 bits per heavy atom. The Kier molecular flexibility index (Phi) is 9.96. The number of carbonyl (C=O) groups is 2. The number of benzene rings is 3. The van der Waals surface area contributed by atoms with Crippen LogP contribution in [0.5, 0.6) is 5.75 Å². The Balaban J connectivity index is 1.26. The van der Waals surface area contributed by atoms with Crippen molar-refractivity contribution in [2.24, 2.45) is 5.92 Å². The molecule has 0 bridgehead atoms. The number of aliphatic hydroxyl groups is 1. The van der Waals surface area contributed by atoms with Crippen molar-refractivity contribution in [3.05, 3.63) is 94.2 Å². The molecule has 2 fully saturated rings. The first-order valence-electron chi connectivity index (χ1n) is 17.9. The molecule has 0 aliphatic carbocycles. The second-order valence-electron chi connectivity index (χ2n) is 14.6. The zero-order valence-corrected chi connectivity index (χ0v) is 32.3. The van der Waals surface area contributed by atoms with Crippen LogP contribution in [-0.2, 0) is 39.4 Å². The Bertz CT molecular complexity index is 1920. The number of hydrogen-bond acceptors (Lipinski definition) is 7. The largest absolute Gasteiger partial charge is 0.497 e. The molecule has 7 rings (SSSR count). The van der Waals surface area contributed by atoms with Crippen molar-refractivity contribution in [3.63, 3.8) is 0 Å². The van der Waals surface area contributed by atoms with E-state index in [0.717, 1.165) is 51.3 Å². The summed E-state index contributed by atoms with van der Waals surface area (Å²) in [6.07, 6.45) is 5.22. The number of piperidine rings is 1. The number of rotatable bonds is 11. The van der Waals surface area contributed by atoms with Crippen molar-refractivity contribution >= 4 is 52.4 Å². The van der Waals surface area contributed by atoms with Crippen LogP contribution >= 0.6 is 15.9 Å². The molecule has 3 aliphatic heterocycles. The Labute approximate surface area is 308 Å². The summed E-state index contributed by atoms with van der Waals surface area (Å²) in [4.78, 5) is 31.7. The molecule has 268 valence electrons. The summed E-state index contributed by atoms with van der Waals surface area (Å²) in [7, 11) is -0.643. The lowest BCUT2D eigenvalue weighted by atomic mass is 9.82. The monoisotopic (exact) mass is 771 g/mol. The fourth-order valence-corrected chi connectivity index (χ4v) is 13.2. The number of aliphatic hydroxyl groups excluding tert-OH is 1. The Hall–Kier alpha value is -3.84. The average Bonchev–Trinajstić information content (AvgIpc) is 3.77. The SMILES string of the molecule is COc1ccc([Si](C)(C)[C@H]2[C@H](CCn3cc(CCO)nn3)O[C@@]3(C(=O)N(Cc4cccc(N5CCCCC5=O)c4)c4ccc(Br)cc43)[C@@H]2C)cc1. The van der Waals surface area contributed by atoms with E-state index in [4.69, 9.17) is 9.47 Å². The van der Waals surface area contributed by atoms with Gasteiger partial charge >= 0.3 is 0 Å². The number of aryl methyl sites for hydroxylation is 1. The van der Waals surface area contributed by atoms with Gasteiger partial charge in [-0.2, -0.15) is 0 Å². The summed E-state index contributed by atoms with van der Waals surface area (Å²) in [5, 5.41) is 19.2. The molecule has 0 radical (unpaired) electrons. The fraction of sp³-hybridized carbons (Fsp3) is 0.436. The summed E-state index contributed by atoms with van der Waals surface area (Å²) >= 11 is 3.72. The van der Waals surface area contributed by atoms with Crippen molar-refractivity contribution in [3.8, 4) is 5.75 Å². The molecule has 10 nitrogen and oxygen atoms in total. The van der Waals surface area contributed by atoms with Crippen molar-refractivity contribution in [2.75, 3.05) is 30.1 Å². The van der Waals surface area contributed by atoms with Gasteiger partial charge in [-0.1, -0.05) is 70.6 Å². The molecular weight excluding hydrogens is 726 g/mol. The van der Waals surface area contributed by atoms with Crippen LogP contribution in [0.1, 0.15) is 49.4 Å². The van der Waals surface area contributed by atoms with Gasteiger partial charge in [-0.25, -0.2) is 0 Å². The highest BCUT2D eigenvalue weighted by Gasteiger charge is 2.66. The zero-order valence-electron chi connectivity index (χ0n) is 29.7. The molecule has 0 saturated carbocycles. The third kappa shape index (κ3) is 6.45. The second kappa shape index (κ2) is 14.3. The van der Waals surface area contributed by atoms with Crippen molar-refractivity contribution < 1.29 is 24.2 Å². The smallest absolute Gasteiger partial charge is 0.264 e. The molecule has 4 atom stereocenters. The minimum atomic E-state index is -2.32. The van der Waals surface area contributed by atoms with Crippen LogP contribution in [0.15, 0.2) is 77.4 Å². The number of carbonyl (C=O) groups excluding carboxylic acids is 2. The molecule has 3 aliphatic rings. The summed E-state index contributed by atoms with van der Waals surface area (Å²) in [5.41, 5.74) is 3.21. The number of amides is 2. The molecule has 2 saturated heterocycles. The van der Waals surface area contributed by atoms with Crippen LogP contribution in [-0.4, -0.2) is 66.4 Å². The lowest BCUT2D eigenvalue weighted by Gasteiger charge is -2.37. The van der Waals surface area contributed by atoms with E-state index in [-0.39, 0.29) is 36.0 Å². The van der Waals surface area contributed by atoms with E-state index >= 15 is 4.79 Å². The standard InChI is InChI=1S/C39H46BrN5O5Si/c1-26-37(51(3,4)32-14-12-31(49-2)13-15-32)35(17-20-43-25-29(18-21-46)41-42-43)50-39(26)33-23-28(40)11-16-34(33)45(38(39)48)24-27-8-7-9-30(22-27)44-19-6-5-10-36(44)47/h7-9,11-16,22-23,25-26,35,37,46H,5-6,10,17-21,24H2,1-4H3/t26-,35+,37-,39+/m1/s1. The van der Waals surface area contributed by atoms with E-state index in [1.54, 1.807) is 7.11 Å². The Morgan fingerprint density at radius 3 is 2.63 bits per heavy atom. The van der Waals surface area contributed by atoms with Crippen LogP contribution in [0, 0.1) is 5.92 Å². The van der Waals surface area contributed by atoms with E-state index in [2.05, 4.69) is 64.5 Å². The van der Waals surface area contributed by atoms with Crippen LogP contribution in [0.3, 0.4) is 0 Å². The molecule has 4 aromatic rings. The van der Waals surface area contributed by atoms with Crippen molar-refractivity contribution in [1.82, 2.24) is 15.0 Å². The van der Waals surface area contributed by atoms with E-state index in [0.29, 0.717) is 38.9 Å². The van der Waals surface area contributed by atoms with Crippen molar-refractivity contribution in [1.29, 1.82) is 0 Å². The average molecular weight is 773 g/mol. The van der Waals surface area contributed by atoms with Gasteiger partial charge in [-0.3, -0.25) is 14.3 Å². The molecule has 1 aromatic heterocycles. The van der Waals surface area contributed by atoms with Gasteiger partial charge < -0.3 is 24.4 Å². The maximum Gasteiger partial charge on any atom is 0.264 e. The number of anilines is 2. The molecule has 1 spiro atoms. The summed E-state index contributed by atoms with van der Waals surface area (Å²) < 4.78 is 15.5. The maximum absolute atomic E-state index is 15.2. The van der Waals surface area contributed by atoms with Crippen molar-refractivity contribution in [2.45, 2.75) is 82.5 Å². The summed E-state index contributed by atoms with van der Waals surface area (Å²) in [6.45, 7) is 8.63. The molecule has 4 heterocycles. The highest BCUT2D eigenvalue weighted by atomic mass is 79.9. The number of halogens is 1. The number of methoxy groups -OCH3 is 1. The number of aromatic nitrogens is 3. The predicted molar refractivity (Wildman–Crippen MR) is 203 cm³/mol. The van der Waals surface area contributed by atoms with Gasteiger partial charge in [-0.15, -0.1) is 5.10 Å². The van der Waals surface area contributed by atoms with Gasteiger partial charge in [0.2, 0.25) is 5.91 Å². The molecule has 51 heavy (non-hydrogen) atoms. The topological polar surface area (TPSA) is 110 Å². The van der Waals surface area contributed by atoms with Gasteiger partial charge in [-0.05, 0) is 72.8 Å². The summed E-state index contributed by atoms with van der Waals surface area (Å²) in [5.74, 6) is 0.760. The first-order valence-corrected chi connectivity index (χ1v) is 21.8. The number of hydrogen-bond donors (Lipinski definition) is 1. The minimum Gasteiger partial charge on any atom is -0.497 e. The maximum atomic E-state index is 15.2. The highest BCUT2D eigenvalue weighted by Crippen LogP contribution is 2.60. The number of fused-ring (bicyclic) bond motifs is 2. The van der Waals surface area contributed by atoms with Gasteiger partial charge in [0.15, 0.2) is 5.60 Å². The van der Waals surface area contributed by atoms with Crippen LogP contribution < -0.4 is 19.7 Å². The molecular formula is C39H46BrN5O5Si. The van der Waals surface area contributed by atoms with E-state index in [9.17, 15) is 9.90 Å². The lowest BCUT2D eigenvalue weighted by Crippen LogP contribution is -2.51. The van der Waals surface area contributed by atoms with E-state index in [1.807, 2.05) is 69.2 Å². The predicted octanol–water partition coefficient (Wildman–Crippen LogP) is 5.95. The van der Waals surface area contributed by atoms with E-state index in [1.165, 1.54) is 5.19 Å². The third-order valence-electron chi connectivity index (χ3n) is 11.3. The van der Waals surface area contributed by atoms with Crippen LogP contribution in [0.25, 0.3) is 0 Å². The van der Waals surface area contributed by atoms with Crippen LogP contribution in [0.4, 0.5) is 11.4 Å². The van der Waals surface area contributed by atoms with Gasteiger partial charge in [0.1, 0.15) is 5.75 Å². The normalized spacial score (nSPS) is 23.4. The number of ether oxygens (including phenoxy) is 2. The minimum absolute atomic E-state index is 0.0163. The van der Waals surface area contributed by atoms with Gasteiger partial charge in [0.05, 0.1) is 39.2 Å². The highest BCUT2D eigenvalue weighted by molar-refractivity contribution is 9.10. The summed E-state index contributed by atoms with van der Waals surface area (Å²) in [6, 6.07) is 22.5. The Morgan fingerprint density at radius 2 is 1.88 bits per heavy atom. The number of nitrogens with zero attached hydrogens (tertiary/aromatic N) is 5. The molecule has 3 aromatic carbocycles. The van der Waals surface area contributed by atoms with E-state index < -0.39 is 13.7 Å². The molecule has 2 amide bonds.